The summed E-state index contributed by atoms with van der Waals surface area (Å²) >= 11 is 5.91. The number of carbonyl (C=O) groups is 2. The Kier molecular flexibility index (Phi) is 4.99. The number of ether oxygens (including phenoxy) is 1. The fraction of sp³-hybridized carbons (Fsp3) is 0.0800. The summed E-state index contributed by atoms with van der Waals surface area (Å²) in [7, 11) is 1.60. The average molecular weight is 444 g/mol. The van der Waals surface area contributed by atoms with Gasteiger partial charge in [0.2, 0.25) is 5.91 Å². The predicted octanol–water partition coefficient (Wildman–Crippen LogP) is 5.13. The van der Waals surface area contributed by atoms with Gasteiger partial charge in [0.1, 0.15) is 11.4 Å². The van der Waals surface area contributed by atoms with E-state index in [1.807, 2.05) is 30.3 Å². The molecule has 4 aromatic rings. The predicted molar refractivity (Wildman–Crippen MR) is 123 cm³/mol. The Hall–Kier alpha value is -3.90. The zero-order valence-electron chi connectivity index (χ0n) is 17.1. The number of amides is 1. The van der Waals surface area contributed by atoms with Crippen LogP contribution in [0.1, 0.15) is 21.5 Å². The molecule has 0 spiro atoms. The van der Waals surface area contributed by atoms with Crippen LogP contribution in [-0.4, -0.2) is 29.0 Å². The maximum absolute atomic E-state index is 13.4. The number of H-pyrrole nitrogens is 1. The molecule has 5 rings (SSSR count). The minimum absolute atomic E-state index is 0.169. The monoisotopic (exact) mass is 443 g/mol. The van der Waals surface area contributed by atoms with E-state index in [-0.39, 0.29) is 18.1 Å². The minimum atomic E-state index is -0.213. The van der Waals surface area contributed by atoms with Gasteiger partial charge in [-0.15, -0.1) is 0 Å². The summed E-state index contributed by atoms with van der Waals surface area (Å²) in [6.07, 6.45) is 0.178. The molecule has 1 aliphatic rings. The van der Waals surface area contributed by atoms with Crippen LogP contribution >= 0.6 is 11.6 Å². The van der Waals surface area contributed by atoms with E-state index >= 15 is 0 Å². The normalized spacial score (nSPS) is 11.8. The molecule has 0 aliphatic heterocycles. The third-order valence-electron chi connectivity index (χ3n) is 5.47. The molecule has 6 nitrogen and oxygen atoms in total. The first-order valence-corrected chi connectivity index (χ1v) is 10.4. The summed E-state index contributed by atoms with van der Waals surface area (Å²) in [5.41, 5.74) is 5.03. The van der Waals surface area contributed by atoms with E-state index in [1.165, 1.54) is 0 Å². The quantitative estimate of drug-likeness (QED) is 0.394. The summed E-state index contributed by atoms with van der Waals surface area (Å²) in [5.74, 6) is 0.345. The van der Waals surface area contributed by atoms with E-state index < -0.39 is 0 Å². The van der Waals surface area contributed by atoms with Crippen LogP contribution in [0, 0.1) is 0 Å². The Morgan fingerprint density at radius 1 is 1.03 bits per heavy atom. The number of methoxy groups -OCH3 is 1. The number of carbonyl (C=O) groups excluding carboxylic acids is 2. The van der Waals surface area contributed by atoms with Crippen molar-refractivity contribution < 1.29 is 14.3 Å². The fourth-order valence-electron chi connectivity index (χ4n) is 3.93. The molecular formula is C25H18ClN3O3. The molecule has 0 unspecified atom stereocenters. The molecule has 1 heterocycles. The maximum Gasteiger partial charge on any atom is 0.228 e. The van der Waals surface area contributed by atoms with Gasteiger partial charge in [-0.1, -0.05) is 35.9 Å². The van der Waals surface area contributed by atoms with Crippen LogP contribution in [0.3, 0.4) is 0 Å². The standard InChI is InChI=1S/C25H18ClN3O3/c1-32-17-11-7-15(8-12-17)23-22-24(29-28-23)18-3-2-4-19(21(18)25(22)31)27-20(30)13-14-5-9-16(26)10-6-14/h2-12H,13H2,1H3,(H,27,30)(H,28,29). The SMILES string of the molecule is COc1ccc(-c2[nH]nc3c2C(=O)c2c(NC(=O)Cc4ccc(Cl)cc4)cccc2-3)cc1. The molecule has 0 saturated carbocycles. The Balaban J connectivity index is 1.45. The van der Waals surface area contributed by atoms with E-state index in [0.29, 0.717) is 38.8 Å². The summed E-state index contributed by atoms with van der Waals surface area (Å²) < 4.78 is 5.21. The fourth-order valence-corrected chi connectivity index (χ4v) is 4.06. The topological polar surface area (TPSA) is 84.1 Å². The molecule has 0 atom stereocenters. The van der Waals surface area contributed by atoms with Crippen molar-refractivity contribution in [3.8, 4) is 28.3 Å². The number of nitrogens with zero attached hydrogens (tertiary/aromatic N) is 1. The van der Waals surface area contributed by atoms with Crippen molar-refractivity contribution in [1.82, 2.24) is 10.2 Å². The van der Waals surface area contributed by atoms with Gasteiger partial charge in [0, 0.05) is 16.1 Å². The third-order valence-corrected chi connectivity index (χ3v) is 5.72. The van der Waals surface area contributed by atoms with Crippen molar-refractivity contribution in [2.24, 2.45) is 0 Å². The Bertz CT molecular complexity index is 1340. The molecule has 2 N–H and O–H groups in total. The highest BCUT2D eigenvalue weighted by molar-refractivity contribution is 6.30. The summed E-state index contributed by atoms with van der Waals surface area (Å²) in [4.78, 5) is 26.1. The van der Waals surface area contributed by atoms with Crippen LogP contribution in [0.4, 0.5) is 5.69 Å². The lowest BCUT2D eigenvalue weighted by Gasteiger charge is -2.10. The van der Waals surface area contributed by atoms with Gasteiger partial charge in [-0.25, -0.2) is 0 Å². The number of benzene rings is 3. The van der Waals surface area contributed by atoms with Gasteiger partial charge in [0.15, 0.2) is 5.78 Å². The second-order valence-corrected chi connectivity index (χ2v) is 7.90. The number of rotatable bonds is 5. The molecular weight excluding hydrogens is 426 g/mol. The van der Waals surface area contributed by atoms with Crippen molar-refractivity contribution in [3.63, 3.8) is 0 Å². The molecule has 0 radical (unpaired) electrons. The molecule has 0 fully saturated rings. The Morgan fingerprint density at radius 2 is 1.78 bits per heavy atom. The van der Waals surface area contributed by atoms with Crippen LogP contribution in [0.2, 0.25) is 5.02 Å². The van der Waals surface area contributed by atoms with Crippen molar-refractivity contribution in [2.75, 3.05) is 12.4 Å². The highest BCUT2D eigenvalue weighted by Crippen LogP contribution is 2.43. The first kappa shape index (κ1) is 20.0. The van der Waals surface area contributed by atoms with Crippen LogP contribution in [0.15, 0.2) is 66.7 Å². The van der Waals surface area contributed by atoms with Crippen LogP contribution < -0.4 is 10.1 Å². The molecule has 32 heavy (non-hydrogen) atoms. The molecule has 0 saturated heterocycles. The van der Waals surface area contributed by atoms with Gasteiger partial charge in [-0.05, 0) is 48.0 Å². The number of hydrogen-bond acceptors (Lipinski definition) is 4. The van der Waals surface area contributed by atoms with Gasteiger partial charge in [-0.2, -0.15) is 5.10 Å². The zero-order valence-corrected chi connectivity index (χ0v) is 17.9. The number of hydrogen-bond donors (Lipinski definition) is 2. The summed E-state index contributed by atoms with van der Waals surface area (Å²) in [5, 5.41) is 10.9. The number of aromatic nitrogens is 2. The number of halogens is 1. The number of aromatic amines is 1. The lowest BCUT2D eigenvalue weighted by Crippen LogP contribution is -2.16. The van der Waals surface area contributed by atoms with Gasteiger partial charge in [0.05, 0.1) is 36.0 Å². The molecule has 1 amide bonds. The Morgan fingerprint density at radius 3 is 2.50 bits per heavy atom. The minimum Gasteiger partial charge on any atom is -0.497 e. The van der Waals surface area contributed by atoms with Crippen molar-refractivity contribution >= 4 is 29.0 Å². The first-order valence-electron chi connectivity index (χ1n) is 10.0. The third kappa shape index (κ3) is 3.44. The number of anilines is 1. The lowest BCUT2D eigenvalue weighted by molar-refractivity contribution is -0.115. The van der Waals surface area contributed by atoms with E-state index in [2.05, 4.69) is 15.5 Å². The number of fused-ring (bicyclic) bond motifs is 3. The molecule has 158 valence electrons. The number of nitrogens with one attached hydrogen (secondary N) is 2. The van der Waals surface area contributed by atoms with Crippen LogP contribution in [0.5, 0.6) is 5.75 Å². The smallest absolute Gasteiger partial charge is 0.228 e. The second-order valence-electron chi connectivity index (χ2n) is 7.46. The highest BCUT2D eigenvalue weighted by Gasteiger charge is 2.35. The van der Waals surface area contributed by atoms with Crippen molar-refractivity contribution in [1.29, 1.82) is 0 Å². The van der Waals surface area contributed by atoms with Gasteiger partial charge >= 0.3 is 0 Å². The highest BCUT2D eigenvalue weighted by atomic mass is 35.5. The van der Waals surface area contributed by atoms with E-state index in [4.69, 9.17) is 16.3 Å². The van der Waals surface area contributed by atoms with Crippen molar-refractivity contribution in [2.45, 2.75) is 6.42 Å². The van der Waals surface area contributed by atoms with E-state index in [1.54, 1.807) is 43.5 Å². The van der Waals surface area contributed by atoms with Crippen LogP contribution in [0.25, 0.3) is 22.5 Å². The van der Waals surface area contributed by atoms with E-state index in [0.717, 1.165) is 16.9 Å². The van der Waals surface area contributed by atoms with Crippen LogP contribution in [-0.2, 0) is 11.2 Å². The van der Waals surface area contributed by atoms with Gasteiger partial charge < -0.3 is 10.1 Å². The van der Waals surface area contributed by atoms with Gasteiger partial charge in [0.25, 0.3) is 0 Å². The molecule has 3 aromatic carbocycles. The molecule has 1 aromatic heterocycles. The average Bonchev–Trinajstić information content (AvgIpc) is 3.36. The van der Waals surface area contributed by atoms with Crippen molar-refractivity contribution in [3.05, 3.63) is 88.4 Å². The summed E-state index contributed by atoms with van der Waals surface area (Å²) in [6.45, 7) is 0. The molecule has 7 heteroatoms. The Labute approximate surface area is 189 Å². The lowest BCUT2D eigenvalue weighted by atomic mass is 10.0. The largest absolute Gasteiger partial charge is 0.497 e. The zero-order chi connectivity index (χ0) is 22.2. The number of ketones is 1. The maximum atomic E-state index is 13.4. The summed E-state index contributed by atoms with van der Waals surface area (Å²) in [6, 6.07) is 19.9. The van der Waals surface area contributed by atoms with E-state index in [9.17, 15) is 9.59 Å². The van der Waals surface area contributed by atoms with Gasteiger partial charge in [-0.3, -0.25) is 14.7 Å². The first-order chi connectivity index (χ1) is 15.5. The molecule has 1 aliphatic carbocycles. The second kappa shape index (κ2) is 7.98. The molecule has 0 bridgehead atoms.